The molecule has 0 radical (unpaired) electrons. The first-order valence-corrected chi connectivity index (χ1v) is 6.50. The predicted molar refractivity (Wildman–Crippen MR) is 70.9 cm³/mol. The summed E-state index contributed by atoms with van der Waals surface area (Å²) >= 11 is 0. The summed E-state index contributed by atoms with van der Waals surface area (Å²) in [5.74, 6) is 0.235. The average Bonchev–Trinajstić information content (AvgIpc) is 2.75. The van der Waals surface area contributed by atoms with E-state index >= 15 is 0 Å². The number of aliphatic hydroxyl groups excluding tert-OH is 1. The Morgan fingerprint density at radius 1 is 1.22 bits per heavy atom. The molecule has 3 rings (SSSR count). The zero-order chi connectivity index (χ0) is 12.9. The molecule has 1 aromatic rings. The number of carbonyl (C=O) groups excluding carboxylic acids is 1. The van der Waals surface area contributed by atoms with Crippen LogP contribution in [0.5, 0.6) is 0 Å². The Morgan fingerprint density at radius 3 is 2.56 bits per heavy atom. The van der Waals surface area contributed by atoms with Crippen molar-refractivity contribution in [2.75, 3.05) is 0 Å². The van der Waals surface area contributed by atoms with Gasteiger partial charge in [-0.15, -0.1) is 0 Å². The van der Waals surface area contributed by atoms with Crippen molar-refractivity contribution in [3.05, 3.63) is 41.5 Å². The number of hydrogen-bond acceptors (Lipinski definition) is 2. The molecule has 1 aromatic carbocycles. The first kappa shape index (κ1) is 11.7. The van der Waals surface area contributed by atoms with Crippen molar-refractivity contribution >= 4 is 11.4 Å². The summed E-state index contributed by atoms with van der Waals surface area (Å²) in [6, 6.07) is 9.85. The highest BCUT2D eigenvalue weighted by molar-refractivity contribution is 6.24. The van der Waals surface area contributed by atoms with E-state index in [0.29, 0.717) is 6.42 Å². The van der Waals surface area contributed by atoms with Crippen molar-refractivity contribution in [3.63, 3.8) is 0 Å². The van der Waals surface area contributed by atoms with Gasteiger partial charge < -0.3 is 5.11 Å². The molecule has 0 saturated heterocycles. The highest BCUT2D eigenvalue weighted by Gasteiger charge is 2.49. The van der Waals surface area contributed by atoms with Crippen LogP contribution in [0.4, 0.5) is 0 Å². The van der Waals surface area contributed by atoms with E-state index in [9.17, 15) is 9.90 Å². The fraction of sp³-hybridized carbons (Fsp3) is 0.438. The fourth-order valence-electron chi connectivity index (χ4n) is 3.40. The molecule has 2 aliphatic rings. The first-order valence-electron chi connectivity index (χ1n) is 6.50. The van der Waals surface area contributed by atoms with Crippen LogP contribution in [-0.4, -0.2) is 17.0 Å². The summed E-state index contributed by atoms with van der Waals surface area (Å²) in [7, 11) is 0. The quantitative estimate of drug-likeness (QED) is 0.822. The van der Waals surface area contributed by atoms with Gasteiger partial charge in [0.1, 0.15) is 0 Å². The van der Waals surface area contributed by atoms with Gasteiger partial charge in [-0.3, -0.25) is 4.79 Å². The molecule has 0 amide bonds. The minimum atomic E-state index is -0.391. The Balaban J connectivity index is 2.11. The Morgan fingerprint density at radius 2 is 1.89 bits per heavy atom. The molecule has 0 heterocycles. The van der Waals surface area contributed by atoms with Gasteiger partial charge in [-0.1, -0.05) is 49.8 Å². The molecule has 1 N–H and O–H groups in total. The first-order chi connectivity index (χ1) is 8.50. The molecule has 2 atom stereocenters. The van der Waals surface area contributed by atoms with Crippen molar-refractivity contribution < 1.29 is 9.90 Å². The topological polar surface area (TPSA) is 37.3 Å². The summed E-state index contributed by atoms with van der Waals surface area (Å²) in [5.41, 5.74) is 2.93. The lowest BCUT2D eigenvalue weighted by Crippen LogP contribution is -2.28. The van der Waals surface area contributed by atoms with E-state index in [1.165, 1.54) is 5.57 Å². The normalized spacial score (nSPS) is 29.8. The molecule has 0 unspecified atom stereocenters. The molecule has 2 aliphatic carbocycles. The third-order valence-electron chi connectivity index (χ3n) is 4.34. The molecular weight excluding hydrogens is 224 g/mol. The van der Waals surface area contributed by atoms with E-state index in [0.717, 1.165) is 17.6 Å². The molecule has 2 heteroatoms. The standard InChI is InChI=1S/C16H18O2/c1-16(2)9-12-11(15(16)18)8-13(17)14(12)10-6-4-3-5-7-10/h3-7,11,15,18H,8-9H2,1-2H3/t11-,15+/m1/s1. The van der Waals surface area contributed by atoms with Crippen LogP contribution in [0, 0.1) is 11.3 Å². The predicted octanol–water partition coefficient (Wildman–Crippen LogP) is 2.82. The van der Waals surface area contributed by atoms with Crippen LogP contribution in [0.3, 0.4) is 0 Å². The van der Waals surface area contributed by atoms with Gasteiger partial charge in [0, 0.05) is 17.9 Å². The zero-order valence-electron chi connectivity index (χ0n) is 10.8. The third-order valence-corrected chi connectivity index (χ3v) is 4.34. The minimum Gasteiger partial charge on any atom is -0.392 e. The SMILES string of the molecule is CC1(C)CC2=C(c3ccccc3)C(=O)C[C@H]2[C@@H]1O. The second kappa shape index (κ2) is 3.79. The van der Waals surface area contributed by atoms with E-state index in [-0.39, 0.29) is 17.1 Å². The summed E-state index contributed by atoms with van der Waals surface area (Å²) in [6.45, 7) is 4.16. The van der Waals surface area contributed by atoms with Gasteiger partial charge in [-0.2, -0.15) is 0 Å². The largest absolute Gasteiger partial charge is 0.392 e. The van der Waals surface area contributed by atoms with Crippen LogP contribution in [0.2, 0.25) is 0 Å². The van der Waals surface area contributed by atoms with Crippen molar-refractivity contribution in [2.24, 2.45) is 11.3 Å². The summed E-state index contributed by atoms with van der Waals surface area (Å²) in [4.78, 5) is 12.2. The Hall–Kier alpha value is -1.41. The summed E-state index contributed by atoms with van der Waals surface area (Å²) < 4.78 is 0. The average molecular weight is 242 g/mol. The molecule has 0 bridgehead atoms. The maximum atomic E-state index is 12.2. The van der Waals surface area contributed by atoms with E-state index in [1.54, 1.807) is 0 Å². The van der Waals surface area contributed by atoms with E-state index in [2.05, 4.69) is 13.8 Å². The molecular formula is C16H18O2. The Kier molecular flexibility index (Phi) is 2.46. The molecule has 2 nitrogen and oxygen atoms in total. The second-order valence-electron chi connectivity index (χ2n) is 6.11. The number of hydrogen-bond donors (Lipinski definition) is 1. The number of rotatable bonds is 1. The highest BCUT2D eigenvalue weighted by Crippen LogP contribution is 2.53. The van der Waals surface area contributed by atoms with Gasteiger partial charge in [0.2, 0.25) is 0 Å². The molecule has 1 fully saturated rings. The molecule has 18 heavy (non-hydrogen) atoms. The third kappa shape index (κ3) is 1.56. The van der Waals surface area contributed by atoms with Crippen LogP contribution in [0.1, 0.15) is 32.3 Å². The van der Waals surface area contributed by atoms with E-state index in [1.807, 2.05) is 30.3 Å². The van der Waals surface area contributed by atoms with Crippen LogP contribution in [-0.2, 0) is 4.79 Å². The van der Waals surface area contributed by atoms with Gasteiger partial charge in [0.25, 0.3) is 0 Å². The summed E-state index contributed by atoms with van der Waals surface area (Å²) in [5, 5.41) is 10.3. The molecule has 0 aliphatic heterocycles. The van der Waals surface area contributed by atoms with Crippen LogP contribution >= 0.6 is 0 Å². The maximum Gasteiger partial charge on any atom is 0.164 e. The molecule has 0 spiro atoms. The second-order valence-corrected chi connectivity index (χ2v) is 6.11. The smallest absolute Gasteiger partial charge is 0.164 e. The minimum absolute atomic E-state index is 0.0442. The number of carbonyl (C=O) groups is 1. The van der Waals surface area contributed by atoms with Gasteiger partial charge >= 0.3 is 0 Å². The van der Waals surface area contributed by atoms with Crippen LogP contribution in [0.25, 0.3) is 5.57 Å². The summed E-state index contributed by atoms with van der Waals surface area (Å²) in [6.07, 6.45) is 0.913. The van der Waals surface area contributed by atoms with E-state index in [4.69, 9.17) is 0 Å². The number of benzene rings is 1. The molecule has 94 valence electrons. The van der Waals surface area contributed by atoms with Crippen LogP contribution < -0.4 is 0 Å². The lowest BCUT2D eigenvalue weighted by atomic mass is 9.85. The van der Waals surface area contributed by atoms with Crippen LogP contribution in [0.15, 0.2) is 35.9 Å². The van der Waals surface area contributed by atoms with Gasteiger partial charge in [-0.05, 0) is 17.4 Å². The zero-order valence-corrected chi connectivity index (χ0v) is 10.8. The number of fused-ring (bicyclic) bond motifs is 1. The maximum absolute atomic E-state index is 12.2. The molecule has 0 aromatic heterocycles. The molecule has 1 saturated carbocycles. The monoisotopic (exact) mass is 242 g/mol. The lowest BCUT2D eigenvalue weighted by Gasteiger charge is -2.24. The Labute approximate surface area is 107 Å². The van der Waals surface area contributed by atoms with Gasteiger partial charge in [0.05, 0.1) is 6.10 Å². The number of allylic oxidation sites excluding steroid dienone is 1. The van der Waals surface area contributed by atoms with Crippen molar-refractivity contribution in [3.8, 4) is 0 Å². The van der Waals surface area contributed by atoms with Crippen molar-refractivity contribution in [1.29, 1.82) is 0 Å². The number of aliphatic hydroxyl groups is 1. The van der Waals surface area contributed by atoms with Crippen molar-refractivity contribution in [2.45, 2.75) is 32.8 Å². The van der Waals surface area contributed by atoms with Crippen molar-refractivity contribution in [1.82, 2.24) is 0 Å². The fourth-order valence-corrected chi connectivity index (χ4v) is 3.40. The number of ketones is 1. The number of Topliss-reactive ketones (excluding diaryl/α,β-unsaturated/α-hetero) is 1. The highest BCUT2D eigenvalue weighted by atomic mass is 16.3. The van der Waals surface area contributed by atoms with E-state index < -0.39 is 6.10 Å². The van der Waals surface area contributed by atoms with Gasteiger partial charge in [0.15, 0.2) is 5.78 Å². The van der Waals surface area contributed by atoms with Gasteiger partial charge in [-0.25, -0.2) is 0 Å². The lowest BCUT2D eigenvalue weighted by molar-refractivity contribution is -0.114. The Bertz CT molecular complexity index is 525.